The second-order valence-corrected chi connectivity index (χ2v) is 1.85. The van der Waals surface area contributed by atoms with Crippen LogP contribution in [0.2, 0.25) is 0 Å². The summed E-state index contributed by atoms with van der Waals surface area (Å²) in [5.41, 5.74) is 0. The third-order valence-electron chi connectivity index (χ3n) is 1.24. The van der Waals surface area contributed by atoms with Crippen LogP contribution in [0.5, 0.6) is 0 Å². The number of hydrogen-bond donors (Lipinski definition) is 1. The van der Waals surface area contributed by atoms with Crippen molar-refractivity contribution >= 4 is 6.09 Å². The molecule has 0 unspecified atom stereocenters. The molecule has 0 saturated carbocycles. The number of imidazole rings is 1. The second kappa shape index (κ2) is 2.51. The van der Waals surface area contributed by atoms with E-state index in [0.717, 1.165) is 4.57 Å². The van der Waals surface area contributed by atoms with Crippen molar-refractivity contribution in [2.24, 2.45) is 0 Å². The van der Waals surface area contributed by atoms with Gasteiger partial charge < -0.3 is 5.11 Å². The molecule has 1 N–H and O–H groups in total. The second-order valence-electron chi connectivity index (χ2n) is 1.85. The summed E-state index contributed by atoms with van der Waals surface area (Å²) < 4.78 is 1.11. The zero-order valence-corrected chi connectivity index (χ0v) is 5.61. The van der Waals surface area contributed by atoms with Gasteiger partial charge in [-0.2, -0.15) is 0 Å². The van der Waals surface area contributed by atoms with Crippen molar-refractivity contribution in [1.29, 1.82) is 0 Å². The third-order valence-corrected chi connectivity index (χ3v) is 1.24. The van der Waals surface area contributed by atoms with Gasteiger partial charge in [0, 0.05) is 18.8 Å². The highest BCUT2D eigenvalue weighted by molar-refractivity contribution is 5.68. The predicted molar refractivity (Wildman–Crippen MR) is 35.0 cm³/mol. The maximum Gasteiger partial charge on any atom is 0.416 e. The highest BCUT2D eigenvalue weighted by atomic mass is 16.4. The fourth-order valence-corrected chi connectivity index (χ4v) is 0.770. The lowest BCUT2D eigenvalue weighted by atomic mass is 10.5. The number of nitrogens with zero attached hydrogens (tertiary/aromatic N) is 2. The van der Waals surface area contributed by atoms with E-state index in [2.05, 4.69) is 4.98 Å². The van der Waals surface area contributed by atoms with Crippen molar-refractivity contribution in [2.75, 3.05) is 0 Å². The van der Waals surface area contributed by atoms with Crippen LogP contribution in [0.1, 0.15) is 12.7 Å². The summed E-state index contributed by atoms with van der Waals surface area (Å²) in [5, 5.41) is 8.51. The molecule has 4 nitrogen and oxygen atoms in total. The molecule has 0 aliphatic carbocycles. The van der Waals surface area contributed by atoms with Gasteiger partial charge in [0.15, 0.2) is 0 Å². The number of aromatic nitrogens is 2. The Morgan fingerprint density at radius 3 is 3.00 bits per heavy atom. The molecule has 0 aromatic carbocycles. The smallest absolute Gasteiger partial charge is 0.416 e. The average Bonchev–Trinajstić information content (AvgIpc) is 2.33. The van der Waals surface area contributed by atoms with E-state index in [1.165, 1.54) is 12.4 Å². The van der Waals surface area contributed by atoms with Crippen molar-refractivity contribution in [2.45, 2.75) is 13.3 Å². The van der Waals surface area contributed by atoms with Crippen LogP contribution in [0.3, 0.4) is 0 Å². The van der Waals surface area contributed by atoms with Crippen molar-refractivity contribution in [1.82, 2.24) is 9.55 Å². The fraction of sp³-hybridized carbons (Fsp3) is 0.333. The Morgan fingerprint density at radius 2 is 2.60 bits per heavy atom. The molecular formula is C6H8N2O2. The minimum absolute atomic E-state index is 0.576. The van der Waals surface area contributed by atoms with Gasteiger partial charge in [-0.15, -0.1) is 0 Å². The number of hydrogen-bond acceptors (Lipinski definition) is 2. The van der Waals surface area contributed by atoms with Crippen LogP contribution in [0, 0.1) is 0 Å². The summed E-state index contributed by atoms with van der Waals surface area (Å²) in [7, 11) is 0. The molecule has 1 aromatic rings. The van der Waals surface area contributed by atoms with Gasteiger partial charge in [-0.05, 0) is 0 Å². The van der Waals surface area contributed by atoms with Gasteiger partial charge in [-0.3, -0.25) is 0 Å². The predicted octanol–water partition coefficient (Wildman–Crippen LogP) is 0.972. The van der Waals surface area contributed by atoms with Crippen LogP contribution in [0.15, 0.2) is 12.4 Å². The Hall–Kier alpha value is -1.32. The Kier molecular flexibility index (Phi) is 1.71. The van der Waals surface area contributed by atoms with Crippen molar-refractivity contribution < 1.29 is 9.90 Å². The Balaban J connectivity index is 3.01. The first-order valence-electron chi connectivity index (χ1n) is 3.01. The molecule has 0 atom stereocenters. The van der Waals surface area contributed by atoms with Gasteiger partial charge in [0.05, 0.1) is 0 Å². The van der Waals surface area contributed by atoms with E-state index in [9.17, 15) is 4.79 Å². The van der Waals surface area contributed by atoms with Gasteiger partial charge in [0.25, 0.3) is 0 Å². The monoisotopic (exact) mass is 140 g/mol. The summed E-state index contributed by atoms with van der Waals surface area (Å²) in [6, 6.07) is 0. The highest BCUT2D eigenvalue weighted by Crippen LogP contribution is 1.96. The standard InChI is InChI=1S/C6H8N2O2/c1-2-5-7-3-4-8(5)6(9)10/h3-4H,2H2,1H3,(H,9,10). The van der Waals surface area contributed by atoms with Crippen LogP contribution in [-0.2, 0) is 6.42 Å². The van der Waals surface area contributed by atoms with Crippen LogP contribution in [0.25, 0.3) is 0 Å². The van der Waals surface area contributed by atoms with Crippen LogP contribution < -0.4 is 0 Å². The number of carbonyl (C=O) groups is 1. The molecule has 0 amide bonds. The van der Waals surface area contributed by atoms with E-state index in [-0.39, 0.29) is 0 Å². The molecule has 1 heterocycles. The maximum atomic E-state index is 10.4. The average molecular weight is 140 g/mol. The number of aryl methyl sites for hydroxylation is 1. The normalized spacial score (nSPS) is 9.70. The number of carboxylic acid groups (broad SMARTS) is 1. The van der Waals surface area contributed by atoms with Crippen LogP contribution in [0.4, 0.5) is 4.79 Å². The first-order chi connectivity index (χ1) is 4.75. The van der Waals surface area contributed by atoms with Gasteiger partial charge in [-0.25, -0.2) is 14.3 Å². The zero-order valence-electron chi connectivity index (χ0n) is 5.61. The summed E-state index contributed by atoms with van der Waals surface area (Å²) in [6.07, 6.45) is 2.57. The molecular weight excluding hydrogens is 132 g/mol. The minimum Gasteiger partial charge on any atom is -0.464 e. The summed E-state index contributed by atoms with van der Waals surface area (Å²) in [5.74, 6) is 0.576. The van der Waals surface area contributed by atoms with E-state index in [4.69, 9.17) is 5.11 Å². The largest absolute Gasteiger partial charge is 0.464 e. The summed E-state index contributed by atoms with van der Waals surface area (Å²) >= 11 is 0. The van der Waals surface area contributed by atoms with E-state index in [0.29, 0.717) is 12.2 Å². The van der Waals surface area contributed by atoms with E-state index in [1.54, 1.807) is 0 Å². The quantitative estimate of drug-likeness (QED) is 0.632. The van der Waals surface area contributed by atoms with E-state index < -0.39 is 6.09 Å². The molecule has 1 rings (SSSR count). The minimum atomic E-state index is -0.977. The van der Waals surface area contributed by atoms with Gasteiger partial charge in [0.1, 0.15) is 5.82 Å². The molecule has 0 bridgehead atoms. The third kappa shape index (κ3) is 1.00. The number of rotatable bonds is 1. The summed E-state index contributed by atoms with van der Waals surface area (Å²) in [4.78, 5) is 14.2. The molecule has 0 saturated heterocycles. The lowest BCUT2D eigenvalue weighted by Gasteiger charge is -1.96. The van der Waals surface area contributed by atoms with Gasteiger partial charge in [-0.1, -0.05) is 6.92 Å². The van der Waals surface area contributed by atoms with Crippen molar-refractivity contribution in [3.8, 4) is 0 Å². The topological polar surface area (TPSA) is 55.1 Å². The maximum absolute atomic E-state index is 10.4. The first kappa shape index (κ1) is 6.80. The molecule has 0 fully saturated rings. The summed E-state index contributed by atoms with van der Waals surface area (Å²) in [6.45, 7) is 1.86. The van der Waals surface area contributed by atoms with Crippen LogP contribution >= 0.6 is 0 Å². The highest BCUT2D eigenvalue weighted by Gasteiger charge is 2.04. The van der Waals surface area contributed by atoms with E-state index >= 15 is 0 Å². The first-order valence-corrected chi connectivity index (χ1v) is 3.01. The lowest BCUT2D eigenvalue weighted by Crippen LogP contribution is -2.10. The molecule has 10 heavy (non-hydrogen) atoms. The van der Waals surface area contributed by atoms with Crippen molar-refractivity contribution in [3.05, 3.63) is 18.2 Å². The SMILES string of the molecule is CCc1nccn1C(=O)O. The van der Waals surface area contributed by atoms with Crippen LogP contribution in [-0.4, -0.2) is 20.8 Å². The fourth-order valence-electron chi connectivity index (χ4n) is 0.770. The van der Waals surface area contributed by atoms with Crippen molar-refractivity contribution in [3.63, 3.8) is 0 Å². The zero-order chi connectivity index (χ0) is 7.56. The molecule has 54 valence electrons. The Labute approximate surface area is 58.1 Å². The lowest BCUT2D eigenvalue weighted by molar-refractivity contribution is 0.195. The molecule has 0 radical (unpaired) electrons. The Bertz CT molecular complexity index is 242. The molecule has 0 aliphatic heterocycles. The molecule has 0 spiro atoms. The Morgan fingerprint density at radius 1 is 1.90 bits per heavy atom. The molecule has 0 aliphatic rings. The molecule has 1 aromatic heterocycles. The van der Waals surface area contributed by atoms with E-state index in [1.807, 2.05) is 6.92 Å². The van der Waals surface area contributed by atoms with Gasteiger partial charge >= 0.3 is 6.09 Å². The molecule has 4 heteroatoms. The van der Waals surface area contributed by atoms with Gasteiger partial charge in [0.2, 0.25) is 0 Å².